The van der Waals surface area contributed by atoms with Crippen LogP contribution in [0.4, 0.5) is 5.69 Å². The number of phenolic OH excluding ortho intramolecular Hbond substituents is 1. The Labute approximate surface area is 200 Å². The van der Waals surface area contributed by atoms with Gasteiger partial charge in [-0.15, -0.1) is 0 Å². The van der Waals surface area contributed by atoms with Gasteiger partial charge in [-0.1, -0.05) is 36.4 Å². The van der Waals surface area contributed by atoms with Crippen molar-refractivity contribution in [1.82, 2.24) is 10.7 Å². The van der Waals surface area contributed by atoms with Gasteiger partial charge in [-0.3, -0.25) is 19.7 Å². The average molecular weight is 474 g/mol. The molecule has 3 aromatic rings. The molecule has 0 aliphatic rings. The number of rotatable bonds is 8. The van der Waals surface area contributed by atoms with Crippen molar-refractivity contribution in [2.24, 2.45) is 5.10 Å². The summed E-state index contributed by atoms with van der Waals surface area (Å²) in [5.41, 5.74) is 3.16. The number of hydrazone groups is 1. The predicted molar refractivity (Wildman–Crippen MR) is 130 cm³/mol. The second-order valence-electron chi connectivity index (χ2n) is 7.22. The molecule has 0 atom stereocenters. The van der Waals surface area contributed by atoms with Crippen molar-refractivity contribution in [2.45, 2.75) is 6.92 Å². The summed E-state index contributed by atoms with van der Waals surface area (Å²) >= 11 is 0. The highest BCUT2D eigenvalue weighted by molar-refractivity contribution is 6.06. The van der Waals surface area contributed by atoms with Gasteiger partial charge in [-0.25, -0.2) is 5.43 Å². The Kier molecular flexibility index (Phi) is 7.91. The van der Waals surface area contributed by atoms with Crippen LogP contribution in [0, 0.1) is 10.1 Å². The van der Waals surface area contributed by atoms with Gasteiger partial charge in [0.1, 0.15) is 11.4 Å². The Balaban J connectivity index is 1.95. The lowest BCUT2D eigenvalue weighted by atomic mass is 10.1. The zero-order chi connectivity index (χ0) is 25.4. The zero-order valence-electron chi connectivity index (χ0n) is 18.9. The number of phenols is 1. The maximum atomic E-state index is 13.0. The lowest BCUT2D eigenvalue weighted by molar-refractivity contribution is -0.385. The molecule has 0 aromatic heterocycles. The highest BCUT2D eigenvalue weighted by atomic mass is 16.6. The van der Waals surface area contributed by atoms with Gasteiger partial charge >= 0.3 is 5.69 Å². The lowest BCUT2D eigenvalue weighted by Gasteiger charge is -2.10. The van der Waals surface area contributed by atoms with Crippen LogP contribution in [0.5, 0.6) is 11.5 Å². The van der Waals surface area contributed by atoms with Crippen molar-refractivity contribution in [3.63, 3.8) is 0 Å². The first-order valence-corrected chi connectivity index (χ1v) is 10.3. The first-order chi connectivity index (χ1) is 16.8. The quantitative estimate of drug-likeness (QED) is 0.197. The first kappa shape index (κ1) is 24.6. The minimum Gasteiger partial charge on any atom is -0.507 e. The number of hydrogen-bond acceptors (Lipinski definition) is 7. The Morgan fingerprint density at radius 1 is 1.06 bits per heavy atom. The number of methoxy groups -OCH3 is 1. The van der Waals surface area contributed by atoms with Gasteiger partial charge in [0.05, 0.1) is 17.7 Å². The van der Waals surface area contributed by atoms with Gasteiger partial charge in [-0.05, 0) is 48.9 Å². The van der Waals surface area contributed by atoms with Crippen LogP contribution >= 0.6 is 0 Å². The third-order valence-electron chi connectivity index (χ3n) is 4.86. The number of nitrogens with one attached hydrogen (secondary N) is 2. The molecule has 178 valence electrons. The standard InChI is InChI=1S/C25H22N4O6/c1-16(19-10-6-7-11-22(19)30)27-28-25(32)20(26-24(31)18-8-4-3-5-9-18)14-17-12-13-23(35-2)21(15-17)29(33)34/h3-15,30H,1-2H3,(H,26,31)(H,28,32)/b20-14-,27-16-. The maximum Gasteiger partial charge on any atom is 0.311 e. The van der Waals surface area contributed by atoms with Crippen LogP contribution in [0.2, 0.25) is 0 Å². The number of aromatic hydroxyl groups is 1. The zero-order valence-corrected chi connectivity index (χ0v) is 18.9. The molecule has 3 aromatic carbocycles. The summed E-state index contributed by atoms with van der Waals surface area (Å²) in [6.07, 6.45) is 1.29. The fraction of sp³-hybridized carbons (Fsp3) is 0.0800. The number of hydrogen-bond donors (Lipinski definition) is 3. The summed E-state index contributed by atoms with van der Waals surface area (Å²) in [5.74, 6) is -1.30. The fourth-order valence-electron chi connectivity index (χ4n) is 3.08. The van der Waals surface area contributed by atoms with E-state index in [1.54, 1.807) is 55.5 Å². The van der Waals surface area contributed by atoms with Crippen molar-refractivity contribution >= 4 is 29.3 Å². The molecule has 2 amide bonds. The molecule has 0 saturated heterocycles. The van der Waals surface area contributed by atoms with Gasteiger partial charge in [0.25, 0.3) is 11.8 Å². The molecule has 3 rings (SSSR count). The molecule has 0 spiro atoms. The van der Waals surface area contributed by atoms with Gasteiger partial charge in [0.2, 0.25) is 0 Å². The van der Waals surface area contributed by atoms with E-state index in [0.29, 0.717) is 16.8 Å². The number of para-hydroxylation sites is 1. The van der Waals surface area contributed by atoms with Crippen molar-refractivity contribution in [1.29, 1.82) is 0 Å². The summed E-state index contributed by atoms with van der Waals surface area (Å²) in [4.78, 5) is 36.4. The van der Waals surface area contributed by atoms with Crippen molar-refractivity contribution < 1.29 is 24.4 Å². The Bertz CT molecular complexity index is 1320. The van der Waals surface area contributed by atoms with E-state index in [1.807, 2.05) is 0 Å². The Morgan fingerprint density at radius 3 is 2.40 bits per heavy atom. The van der Waals surface area contributed by atoms with E-state index in [0.717, 1.165) is 0 Å². The molecule has 0 radical (unpaired) electrons. The number of carbonyl (C=O) groups excluding carboxylic acids is 2. The van der Waals surface area contributed by atoms with E-state index < -0.39 is 16.7 Å². The van der Waals surface area contributed by atoms with Gasteiger partial charge in [0, 0.05) is 17.2 Å². The van der Waals surface area contributed by atoms with Gasteiger partial charge < -0.3 is 15.2 Å². The second-order valence-corrected chi connectivity index (χ2v) is 7.22. The number of nitro benzene ring substituents is 1. The molecule has 0 aliphatic heterocycles. The Hall–Kier alpha value is -4.99. The average Bonchev–Trinajstić information content (AvgIpc) is 2.87. The van der Waals surface area contributed by atoms with Gasteiger partial charge in [-0.2, -0.15) is 5.10 Å². The second kappa shape index (κ2) is 11.2. The normalized spacial score (nSPS) is 11.5. The third kappa shape index (κ3) is 6.29. The minimum absolute atomic E-state index is 0.0123. The number of amides is 2. The summed E-state index contributed by atoms with van der Waals surface area (Å²) in [6.45, 7) is 1.59. The number of carbonyl (C=O) groups is 2. The summed E-state index contributed by atoms with van der Waals surface area (Å²) in [7, 11) is 1.31. The van der Waals surface area contributed by atoms with Crippen LogP contribution in [-0.4, -0.2) is 34.7 Å². The molecular formula is C25H22N4O6. The molecule has 10 heteroatoms. The summed E-state index contributed by atoms with van der Waals surface area (Å²) in [6, 6.07) is 18.8. The fourth-order valence-corrected chi connectivity index (χ4v) is 3.08. The van der Waals surface area contributed by atoms with Crippen LogP contribution < -0.4 is 15.5 Å². The molecule has 0 bridgehead atoms. The molecule has 0 saturated carbocycles. The van der Waals surface area contributed by atoms with Crippen LogP contribution in [0.1, 0.15) is 28.4 Å². The molecular weight excluding hydrogens is 452 g/mol. The molecule has 35 heavy (non-hydrogen) atoms. The number of benzene rings is 3. The smallest absolute Gasteiger partial charge is 0.311 e. The molecule has 10 nitrogen and oxygen atoms in total. The number of nitro groups is 1. The van der Waals surface area contributed by atoms with Crippen molar-refractivity contribution in [2.75, 3.05) is 7.11 Å². The van der Waals surface area contributed by atoms with E-state index in [4.69, 9.17) is 4.74 Å². The molecule has 0 fully saturated rings. The summed E-state index contributed by atoms with van der Waals surface area (Å²) in [5, 5.41) is 27.9. The SMILES string of the molecule is COc1ccc(/C=C(\NC(=O)c2ccccc2)C(=O)N/N=C(/C)c2ccccc2O)cc1[N+](=O)[O-]. The first-order valence-electron chi connectivity index (χ1n) is 10.3. The van der Waals surface area contributed by atoms with Crippen LogP contribution in [-0.2, 0) is 4.79 Å². The molecule has 0 heterocycles. The predicted octanol–water partition coefficient (Wildman–Crippen LogP) is 3.62. The number of nitrogens with zero attached hydrogens (tertiary/aromatic N) is 2. The summed E-state index contributed by atoms with van der Waals surface area (Å²) < 4.78 is 5.00. The van der Waals surface area contributed by atoms with Crippen LogP contribution in [0.3, 0.4) is 0 Å². The third-order valence-corrected chi connectivity index (χ3v) is 4.86. The van der Waals surface area contributed by atoms with E-state index in [1.165, 1.54) is 37.5 Å². The van der Waals surface area contributed by atoms with Crippen molar-refractivity contribution in [3.8, 4) is 11.5 Å². The van der Waals surface area contributed by atoms with Crippen LogP contribution in [0.25, 0.3) is 6.08 Å². The van der Waals surface area contributed by atoms with Crippen LogP contribution in [0.15, 0.2) is 83.6 Å². The van der Waals surface area contributed by atoms with E-state index in [2.05, 4.69) is 15.8 Å². The van der Waals surface area contributed by atoms with E-state index >= 15 is 0 Å². The van der Waals surface area contributed by atoms with E-state index in [9.17, 15) is 24.8 Å². The maximum absolute atomic E-state index is 13.0. The largest absolute Gasteiger partial charge is 0.507 e. The topological polar surface area (TPSA) is 143 Å². The van der Waals surface area contributed by atoms with E-state index in [-0.39, 0.29) is 28.4 Å². The minimum atomic E-state index is -0.775. The molecule has 0 aliphatic carbocycles. The monoisotopic (exact) mass is 474 g/mol. The highest BCUT2D eigenvalue weighted by Gasteiger charge is 2.18. The van der Waals surface area contributed by atoms with Crippen molar-refractivity contribution in [3.05, 3.63) is 105 Å². The Morgan fingerprint density at radius 2 is 1.74 bits per heavy atom. The molecule has 3 N–H and O–H groups in total. The number of ether oxygens (including phenoxy) is 1. The molecule has 0 unspecified atom stereocenters. The van der Waals surface area contributed by atoms with Gasteiger partial charge in [0.15, 0.2) is 5.75 Å². The lowest BCUT2D eigenvalue weighted by Crippen LogP contribution is -2.33. The highest BCUT2D eigenvalue weighted by Crippen LogP contribution is 2.28.